The summed E-state index contributed by atoms with van der Waals surface area (Å²) in [5.41, 5.74) is 2.81. The number of carbonyl (C=O) groups excluding carboxylic acids is 1. The third-order valence-electron chi connectivity index (χ3n) is 5.55. The van der Waals surface area contributed by atoms with E-state index in [1.54, 1.807) is 7.11 Å². The van der Waals surface area contributed by atoms with E-state index in [9.17, 15) is 4.79 Å². The molecule has 2 aliphatic rings. The number of methoxy groups -OCH3 is 1. The van der Waals surface area contributed by atoms with Gasteiger partial charge in [0.1, 0.15) is 17.2 Å². The molecule has 0 bridgehead atoms. The van der Waals surface area contributed by atoms with Crippen LogP contribution in [0.25, 0.3) is 11.3 Å². The zero-order valence-corrected chi connectivity index (χ0v) is 15.4. The average molecular weight is 355 g/mol. The normalized spacial score (nSPS) is 20.2. The Balaban J connectivity index is 1.55. The van der Waals surface area contributed by atoms with Gasteiger partial charge in [0.15, 0.2) is 0 Å². The Labute approximate surface area is 153 Å². The van der Waals surface area contributed by atoms with Crippen LogP contribution in [0.4, 0.5) is 0 Å². The molecule has 0 radical (unpaired) electrons. The first-order chi connectivity index (χ1) is 12.7. The third-order valence-corrected chi connectivity index (χ3v) is 5.55. The Morgan fingerprint density at radius 3 is 3.04 bits per heavy atom. The van der Waals surface area contributed by atoms with Gasteiger partial charge in [0.05, 0.1) is 19.6 Å². The minimum atomic E-state index is 0.122. The number of rotatable bonds is 4. The maximum Gasteiger partial charge on any atom is 0.227 e. The molecular weight excluding hydrogens is 330 g/mol. The van der Waals surface area contributed by atoms with Crippen LogP contribution in [0.1, 0.15) is 24.7 Å². The Hall–Kier alpha value is -2.34. The zero-order valence-electron chi connectivity index (χ0n) is 15.4. The Morgan fingerprint density at radius 1 is 1.38 bits per heavy atom. The fourth-order valence-electron chi connectivity index (χ4n) is 3.97. The van der Waals surface area contributed by atoms with E-state index in [1.807, 2.05) is 29.2 Å². The van der Waals surface area contributed by atoms with Gasteiger partial charge in [0.2, 0.25) is 5.91 Å². The maximum atomic E-state index is 13.0. The molecule has 4 rings (SSSR count). The molecule has 6 nitrogen and oxygen atoms in total. The van der Waals surface area contributed by atoms with Crippen molar-refractivity contribution in [3.05, 3.63) is 35.6 Å². The monoisotopic (exact) mass is 355 g/mol. The zero-order chi connectivity index (χ0) is 18.1. The topological polar surface area (TPSA) is 58.8 Å². The summed E-state index contributed by atoms with van der Waals surface area (Å²) in [7, 11) is 1.65. The number of nitrogens with zero attached hydrogens (tertiary/aromatic N) is 3. The van der Waals surface area contributed by atoms with Crippen LogP contribution in [-0.4, -0.2) is 54.2 Å². The largest absolute Gasteiger partial charge is 0.497 e. The van der Waals surface area contributed by atoms with Crippen molar-refractivity contribution in [2.45, 2.75) is 26.3 Å². The molecule has 0 aliphatic carbocycles. The molecule has 0 unspecified atom stereocenters. The highest BCUT2D eigenvalue weighted by Gasteiger charge is 2.34. The molecule has 1 amide bonds. The van der Waals surface area contributed by atoms with Crippen molar-refractivity contribution in [1.29, 1.82) is 0 Å². The van der Waals surface area contributed by atoms with Crippen molar-refractivity contribution in [3.8, 4) is 17.0 Å². The number of hydrogen-bond acceptors (Lipinski definition) is 5. The molecule has 6 heteroatoms. The fraction of sp³-hybridized carbons (Fsp3) is 0.500. The van der Waals surface area contributed by atoms with E-state index < -0.39 is 0 Å². The minimum Gasteiger partial charge on any atom is -0.497 e. The van der Waals surface area contributed by atoms with Gasteiger partial charge in [0, 0.05) is 30.6 Å². The van der Waals surface area contributed by atoms with Gasteiger partial charge in [-0.05, 0) is 31.6 Å². The van der Waals surface area contributed by atoms with Crippen molar-refractivity contribution < 1.29 is 14.1 Å². The number of hydrogen-bond donors (Lipinski definition) is 0. The molecule has 3 heterocycles. The Morgan fingerprint density at radius 2 is 2.27 bits per heavy atom. The van der Waals surface area contributed by atoms with Gasteiger partial charge in [-0.2, -0.15) is 0 Å². The van der Waals surface area contributed by atoms with Gasteiger partial charge in [-0.1, -0.05) is 24.2 Å². The summed E-state index contributed by atoms with van der Waals surface area (Å²) in [6.45, 7) is 6.35. The van der Waals surface area contributed by atoms with E-state index in [0.29, 0.717) is 13.1 Å². The summed E-state index contributed by atoms with van der Waals surface area (Å²) in [6, 6.07) is 7.80. The Kier molecular flexibility index (Phi) is 4.68. The first-order valence-corrected chi connectivity index (χ1v) is 9.32. The standard InChI is InChI=1S/C20H25N3O3/c1-3-22-9-7-15(12-22)20(24)23-10-8-18-17(13-23)19(21-26-18)14-5-4-6-16(11-14)25-2/h4-6,11,15H,3,7-10,12-13H2,1-2H3/t15-/m0/s1. The van der Waals surface area contributed by atoms with Crippen molar-refractivity contribution in [2.75, 3.05) is 33.3 Å². The second-order valence-electron chi connectivity index (χ2n) is 7.05. The molecule has 1 aromatic carbocycles. The van der Waals surface area contributed by atoms with Crippen LogP contribution in [0.3, 0.4) is 0 Å². The molecule has 0 saturated carbocycles. The van der Waals surface area contributed by atoms with Crippen molar-refractivity contribution >= 4 is 5.91 Å². The van der Waals surface area contributed by atoms with Crippen LogP contribution < -0.4 is 4.74 Å². The number of aromatic nitrogens is 1. The number of amides is 1. The molecule has 0 spiro atoms. The van der Waals surface area contributed by atoms with Crippen LogP contribution in [0, 0.1) is 5.92 Å². The van der Waals surface area contributed by atoms with Crippen LogP contribution >= 0.6 is 0 Å². The van der Waals surface area contributed by atoms with Gasteiger partial charge in [-0.15, -0.1) is 0 Å². The molecule has 1 aromatic heterocycles. The van der Waals surface area contributed by atoms with Gasteiger partial charge in [0.25, 0.3) is 0 Å². The molecule has 1 fully saturated rings. The number of fused-ring (bicyclic) bond motifs is 1. The van der Waals surface area contributed by atoms with E-state index >= 15 is 0 Å². The smallest absolute Gasteiger partial charge is 0.227 e. The van der Waals surface area contributed by atoms with Crippen LogP contribution in [0.2, 0.25) is 0 Å². The molecule has 1 saturated heterocycles. The number of likely N-dealkylation sites (tertiary alicyclic amines) is 1. The van der Waals surface area contributed by atoms with Gasteiger partial charge in [-0.3, -0.25) is 4.79 Å². The minimum absolute atomic E-state index is 0.122. The summed E-state index contributed by atoms with van der Waals surface area (Å²) in [5.74, 6) is 2.07. The highest BCUT2D eigenvalue weighted by Crippen LogP contribution is 2.32. The summed E-state index contributed by atoms with van der Waals surface area (Å²) in [5, 5.41) is 4.28. The Bertz CT molecular complexity index is 801. The molecule has 26 heavy (non-hydrogen) atoms. The summed E-state index contributed by atoms with van der Waals surface area (Å²) >= 11 is 0. The van der Waals surface area contributed by atoms with Crippen LogP contribution in [-0.2, 0) is 17.8 Å². The van der Waals surface area contributed by atoms with Crippen molar-refractivity contribution in [2.24, 2.45) is 5.92 Å². The predicted molar refractivity (Wildman–Crippen MR) is 97.8 cm³/mol. The highest BCUT2D eigenvalue weighted by atomic mass is 16.5. The molecule has 138 valence electrons. The second-order valence-corrected chi connectivity index (χ2v) is 7.05. The lowest BCUT2D eigenvalue weighted by Gasteiger charge is -2.28. The molecule has 1 atom stereocenters. The number of benzene rings is 1. The maximum absolute atomic E-state index is 13.0. The van der Waals surface area contributed by atoms with Crippen LogP contribution in [0.15, 0.2) is 28.8 Å². The molecule has 2 aromatic rings. The fourth-order valence-corrected chi connectivity index (χ4v) is 3.97. The number of ether oxygens (including phenoxy) is 1. The lowest BCUT2D eigenvalue weighted by molar-refractivity contribution is -0.136. The van der Waals surface area contributed by atoms with E-state index in [4.69, 9.17) is 9.26 Å². The van der Waals surface area contributed by atoms with Gasteiger partial charge in [-0.25, -0.2) is 0 Å². The van der Waals surface area contributed by atoms with E-state index in [-0.39, 0.29) is 11.8 Å². The SMILES string of the molecule is CCN1CC[C@H](C(=O)N2CCc3onc(-c4cccc(OC)c4)c3C2)C1. The molecule has 0 N–H and O–H groups in total. The van der Waals surface area contributed by atoms with E-state index in [0.717, 1.165) is 60.8 Å². The lowest BCUT2D eigenvalue weighted by Crippen LogP contribution is -2.40. The number of carbonyl (C=O) groups is 1. The predicted octanol–water partition coefficient (Wildman–Crippen LogP) is 2.58. The molecular formula is C20H25N3O3. The van der Waals surface area contributed by atoms with Crippen molar-refractivity contribution in [1.82, 2.24) is 15.0 Å². The highest BCUT2D eigenvalue weighted by molar-refractivity contribution is 5.80. The van der Waals surface area contributed by atoms with E-state index in [2.05, 4.69) is 17.0 Å². The summed E-state index contributed by atoms with van der Waals surface area (Å²) in [6.07, 6.45) is 1.69. The molecule has 2 aliphatic heterocycles. The lowest BCUT2D eigenvalue weighted by atomic mass is 9.99. The second kappa shape index (κ2) is 7.11. The third kappa shape index (κ3) is 3.09. The summed E-state index contributed by atoms with van der Waals surface area (Å²) < 4.78 is 10.9. The quantitative estimate of drug-likeness (QED) is 0.844. The first kappa shape index (κ1) is 17.1. The van der Waals surface area contributed by atoms with Crippen LogP contribution in [0.5, 0.6) is 5.75 Å². The van der Waals surface area contributed by atoms with Crippen molar-refractivity contribution in [3.63, 3.8) is 0 Å². The first-order valence-electron chi connectivity index (χ1n) is 9.32. The van der Waals surface area contributed by atoms with Gasteiger partial charge < -0.3 is 19.1 Å². The van der Waals surface area contributed by atoms with E-state index in [1.165, 1.54) is 0 Å². The average Bonchev–Trinajstić information content (AvgIpc) is 3.34. The van der Waals surface area contributed by atoms with Gasteiger partial charge >= 0.3 is 0 Å². The summed E-state index contributed by atoms with van der Waals surface area (Å²) in [4.78, 5) is 17.3.